The minimum atomic E-state index is -2.93. The SMILES string of the molecule is [2H]C([2H])([2H])N(C(=O)CBr)C([2H])([2H])[2H]. The fourth-order valence-corrected chi connectivity index (χ4v) is 0.311. The van der Waals surface area contributed by atoms with E-state index in [1.54, 1.807) is 0 Å². The molecule has 0 radical (unpaired) electrons. The summed E-state index contributed by atoms with van der Waals surface area (Å²) in [6.45, 7) is -5.87. The van der Waals surface area contributed by atoms with Gasteiger partial charge in [-0.1, -0.05) is 15.9 Å². The van der Waals surface area contributed by atoms with Gasteiger partial charge in [0, 0.05) is 22.2 Å². The highest BCUT2D eigenvalue weighted by molar-refractivity contribution is 9.09. The van der Waals surface area contributed by atoms with Gasteiger partial charge in [0.1, 0.15) is 0 Å². The first-order valence-corrected chi connectivity index (χ1v) is 2.62. The molecular formula is C4H8BrNO. The summed E-state index contributed by atoms with van der Waals surface area (Å²) in [6, 6.07) is 0. The second-order valence-corrected chi connectivity index (χ2v) is 1.42. The molecule has 0 unspecified atom stereocenters. The second-order valence-electron chi connectivity index (χ2n) is 0.863. The summed E-state index contributed by atoms with van der Waals surface area (Å²) in [5.41, 5.74) is 0. The third kappa shape index (κ3) is 2.62. The number of rotatable bonds is 1. The molecule has 0 heterocycles. The summed E-state index contributed by atoms with van der Waals surface area (Å²) < 4.78 is 41.0. The van der Waals surface area contributed by atoms with Gasteiger partial charge in [-0.25, -0.2) is 0 Å². The monoisotopic (exact) mass is 171 g/mol. The summed E-state index contributed by atoms with van der Waals surface area (Å²) in [5, 5.41) is -0.330. The Balaban J connectivity index is 4.89. The van der Waals surface area contributed by atoms with Crippen LogP contribution in [0, 0.1) is 0 Å². The molecule has 0 saturated heterocycles. The number of halogens is 1. The molecule has 0 aromatic heterocycles. The molecule has 0 saturated carbocycles. The maximum Gasteiger partial charge on any atom is 0.232 e. The molecule has 1 amide bonds. The molecule has 3 heteroatoms. The van der Waals surface area contributed by atoms with Crippen LogP contribution in [0.25, 0.3) is 0 Å². The van der Waals surface area contributed by atoms with Gasteiger partial charge in [-0.15, -0.1) is 0 Å². The molecule has 7 heavy (non-hydrogen) atoms. The van der Waals surface area contributed by atoms with Crippen molar-refractivity contribution in [1.29, 1.82) is 0 Å². The Morgan fingerprint density at radius 3 is 2.71 bits per heavy atom. The Morgan fingerprint density at radius 2 is 2.57 bits per heavy atom. The van der Waals surface area contributed by atoms with Gasteiger partial charge < -0.3 is 4.90 Å². The molecule has 2 nitrogen and oxygen atoms in total. The van der Waals surface area contributed by atoms with Crippen LogP contribution in [0.2, 0.25) is 0 Å². The Labute approximate surface area is 60.1 Å². The molecule has 42 valence electrons. The summed E-state index contributed by atoms with van der Waals surface area (Å²) in [7, 11) is 0. The smallest absolute Gasteiger partial charge is 0.232 e. The van der Waals surface area contributed by atoms with E-state index in [0.717, 1.165) is 0 Å². The second kappa shape index (κ2) is 3.02. The van der Waals surface area contributed by atoms with Crippen molar-refractivity contribution in [2.75, 3.05) is 19.3 Å². The van der Waals surface area contributed by atoms with Crippen molar-refractivity contribution in [3.63, 3.8) is 0 Å². The van der Waals surface area contributed by atoms with E-state index in [0.29, 0.717) is 0 Å². The van der Waals surface area contributed by atoms with Crippen LogP contribution in [0.5, 0.6) is 0 Å². The predicted molar refractivity (Wildman–Crippen MR) is 32.5 cm³/mol. The van der Waals surface area contributed by atoms with Gasteiger partial charge in [-0.05, 0) is 0 Å². The standard InChI is InChI=1S/C4H8BrNO/c1-6(2)4(7)3-5/h3H2,1-2H3/i1D3,2D3. The average Bonchev–Trinajstić information content (AvgIpc) is 1.80. The lowest BCUT2D eigenvalue weighted by Crippen LogP contribution is -2.22. The topological polar surface area (TPSA) is 20.3 Å². The van der Waals surface area contributed by atoms with Crippen LogP contribution in [0.1, 0.15) is 8.22 Å². The zero-order valence-corrected chi connectivity index (χ0v) is 5.03. The van der Waals surface area contributed by atoms with Crippen molar-refractivity contribution < 1.29 is 13.0 Å². The van der Waals surface area contributed by atoms with Crippen LogP contribution in [0.15, 0.2) is 0 Å². The minimum Gasteiger partial charge on any atom is -0.348 e. The van der Waals surface area contributed by atoms with Crippen LogP contribution < -0.4 is 0 Å². The zero-order valence-electron chi connectivity index (χ0n) is 9.44. The van der Waals surface area contributed by atoms with E-state index >= 15 is 0 Å². The minimum absolute atomic E-state index is 0.0885. The highest BCUT2D eigenvalue weighted by Gasteiger charge is 1.96. The molecule has 0 aliphatic heterocycles. The Morgan fingerprint density at radius 1 is 2.00 bits per heavy atom. The quantitative estimate of drug-likeness (QED) is 0.526. The van der Waals surface area contributed by atoms with E-state index in [9.17, 15) is 4.79 Å². The largest absolute Gasteiger partial charge is 0.348 e. The van der Waals surface area contributed by atoms with Crippen molar-refractivity contribution in [1.82, 2.24) is 4.90 Å². The number of amides is 1. The van der Waals surface area contributed by atoms with Gasteiger partial charge in [0.15, 0.2) is 0 Å². The molecule has 0 aliphatic carbocycles. The summed E-state index contributed by atoms with van der Waals surface area (Å²) in [6.07, 6.45) is 0. The van der Waals surface area contributed by atoms with Crippen molar-refractivity contribution >= 4 is 21.8 Å². The van der Waals surface area contributed by atoms with Gasteiger partial charge >= 0.3 is 0 Å². The van der Waals surface area contributed by atoms with Gasteiger partial charge in [0.05, 0.1) is 5.33 Å². The lowest BCUT2D eigenvalue weighted by molar-refractivity contribution is -0.125. The number of carbonyl (C=O) groups is 1. The van der Waals surface area contributed by atoms with Gasteiger partial charge in [-0.2, -0.15) is 0 Å². The van der Waals surface area contributed by atoms with E-state index in [1.807, 2.05) is 0 Å². The third-order valence-electron chi connectivity index (χ3n) is 0.364. The van der Waals surface area contributed by atoms with E-state index in [4.69, 9.17) is 8.22 Å². The molecule has 0 rings (SSSR count). The number of carbonyl (C=O) groups excluding carboxylic acids is 1. The van der Waals surface area contributed by atoms with Crippen LogP contribution in [0.4, 0.5) is 0 Å². The number of hydrogen-bond donors (Lipinski definition) is 0. The average molecular weight is 172 g/mol. The molecule has 0 aliphatic rings. The number of alkyl halides is 1. The molecule has 0 N–H and O–H groups in total. The fourth-order valence-electron chi connectivity index (χ4n) is 0.0598. The van der Waals surface area contributed by atoms with Crippen LogP contribution >= 0.6 is 15.9 Å². The van der Waals surface area contributed by atoms with Crippen molar-refractivity contribution in [3.05, 3.63) is 0 Å². The zero-order chi connectivity index (χ0) is 10.9. The molecule has 0 fully saturated rings. The summed E-state index contributed by atoms with van der Waals surface area (Å²) >= 11 is 2.71. The lowest BCUT2D eigenvalue weighted by atomic mass is 10.6. The molecule has 0 bridgehead atoms. The first kappa shape index (κ1) is 1.72. The van der Waals surface area contributed by atoms with Crippen LogP contribution in [0.3, 0.4) is 0 Å². The van der Waals surface area contributed by atoms with E-state index in [-0.39, 0.29) is 10.2 Å². The molecular weight excluding hydrogens is 158 g/mol. The van der Waals surface area contributed by atoms with E-state index in [1.165, 1.54) is 0 Å². The number of hydrogen-bond acceptors (Lipinski definition) is 1. The first-order chi connectivity index (χ1) is 5.60. The summed E-state index contributed by atoms with van der Waals surface area (Å²) in [5.74, 6) is -0.986. The molecule has 0 aromatic rings. The maximum absolute atomic E-state index is 11.0. The Bertz CT molecular complexity index is 184. The van der Waals surface area contributed by atoms with Crippen LogP contribution in [-0.2, 0) is 4.79 Å². The number of nitrogens with zero attached hydrogens (tertiary/aromatic N) is 1. The fraction of sp³-hybridized carbons (Fsp3) is 0.750. The lowest BCUT2D eigenvalue weighted by Gasteiger charge is -2.05. The normalized spacial score (nSPS) is 24.7. The Hall–Kier alpha value is -0.0500. The van der Waals surface area contributed by atoms with Crippen molar-refractivity contribution in [2.24, 2.45) is 0 Å². The molecule has 0 spiro atoms. The highest BCUT2D eigenvalue weighted by Crippen LogP contribution is 1.83. The third-order valence-corrected chi connectivity index (χ3v) is 0.843. The summed E-state index contributed by atoms with van der Waals surface area (Å²) in [4.78, 5) is 10.9. The van der Waals surface area contributed by atoms with Crippen LogP contribution in [-0.4, -0.2) is 30.1 Å². The van der Waals surface area contributed by atoms with E-state index < -0.39 is 19.9 Å². The predicted octanol–water partition coefficient (Wildman–Crippen LogP) is 0.469. The molecule has 0 aromatic carbocycles. The molecule has 0 atom stereocenters. The van der Waals surface area contributed by atoms with Gasteiger partial charge in [0.25, 0.3) is 0 Å². The van der Waals surface area contributed by atoms with Crippen molar-refractivity contribution in [3.8, 4) is 0 Å². The van der Waals surface area contributed by atoms with Gasteiger partial charge in [0.2, 0.25) is 5.91 Å². The van der Waals surface area contributed by atoms with E-state index in [2.05, 4.69) is 15.9 Å². The highest BCUT2D eigenvalue weighted by atomic mass is 79.9. The maximum atomic E-state index is 11.0. The Kier molecular flexibility index (Phi) is 0.743. The van der Waals surface area contributed by atoms with Gasteiger partial charge in [-0.3, -0.25) is 4.79 Å². The first-order valence-electron chi connectivity index (χ1n) is 4.50. The van der Waals surface area contributed by atoms with Crippen molar-refractivity contribution in [2.45, 2.75) is 0 Å².